The molecule has 5 rings (SSSR count). The van der Waals surface area contributed by atoms with E-state index in [0.717, 1.165) is 12.1 Å². The Kier molecular flexibility index (Phi) is 6.18. The number of piperidine rings is 1. The summed E-state index contributed by atoms with van der Waals surface area (Å²) in [5.74, 6) is 0.970. The molecule has 0 atom stereocenters. The van der Waals surface area contributed by atoms with Crippen LogP contribution in [0.15, 0.2) is 54.9 Å². The fourth-order valence-corrected chi connectivity index (χ4v) is 3.96. The number of aromatic amines is 1. The van der Waals surface area contributed by atoms with Gasteiger partial charge in [0, 0.05) is 36.6 Å². The number of imidazole rings is 1. The molecule has 4 aromatic rings. The first-order chi connectivity index (χ1) is 17.2. The van der Waals surface area contributed by atoms with Crippen LogP contribution in [-0.4, -0.2) is 55.0 Å². The Balaban J connectivity index is 1.30. The number of carbonyl (C=O) groups is 1. The van der Waals surface area contributed by atoms with E-state index in [-0.39, 0.29) is 17.7 Å². The number of alkyl halides is 3. The average molecular weight is 497 g/mol. The first-order valence-electron chi connectivity index (χ1n) is 11.2. The number of anilines is 4. The summed E-state index contributed by atoms with van der Waals surface area (Å²) in [5.41, 5.74) is 1.09. The van der Waals surface area contributed by atoms with E-state index in [1.54, 1.807) is 23.1 Å². The smallest absolute Gasteiger partial charge is 0.393 e. The number of aliphatic hydroxyl groups is 1. The molecular formula is C24H22F3N7O2. The van der Waals surface area contributed by atoms with Crippen molar-refractivity contribution < 1.29 is 23.1 Å². The SMILES string of the molecule is O=C(c1ccnc(Nc2nc3cc(Nc4cccc(C(F)(F)F)c4)ncc3[nH]2)c1)N1CCC(O)CC1. The molecule has 3 aromatic heterocycles. The Morgan fingerprint density at radius 1 is 1.06 bits per heavy atom. The van der Waals surface area contributed by atoms with Crippen molar-refractivity contribution in [3.63, 3.8) is 0 Å². The van der Waals surface area contributed by atoms with Crippen LogP contribution < -0.4 is 10.6 Å². The number of pyridine rings is 2. The predicted molar refractivity (Wildman–Crippen MR) is 127 cm³/mol. The zero-order valence-electron chi connectivity index (χ0n) is 18.9. The highest BCUT2D eigenvalue weighted by Crippen LogP contribution is 2.31. The van der Waals surface area contributed by atoms with E-state index in [1.165, 1.54) is 24.5 Å². The number of H-pyrrole nitrogens is 1. The zero-order valence-corrected chi connectivity index (χ0v) is 18.9. The summed E-state index contributed by atoms with van der Waals surface area (Å²) in [6.07, 6.45) is -0.660. The standard InChI is InChI=1S/C24H22F3N7O2/c25-24(26,27)15-2-1-3-16(11-15)30-21-12-18-19(13-29-21)32-23(31-18)33-20-10-14(4-7-28-20)22(36)34-8-5-17(35)6-9-34/h1-4,7,10-13,17,35H,5-6,8-9H2,(H,29,30)(H2,28,31,32,33). The van der Waals surface area contributed by atoms with Gasteiger partial charge in [0.15, 0.2) is 0 Å². The van der Waals surface area contributed by atoms with Crippen LogP contribution in [0.4, 0.5) is 36.4 Å². The van der Waals surface area contributed by atoms with Crippen molar-refractivity contribution in [1.29, 1.82) is 0 Å². The molecule has 4 heterocycles. The molecule has 36 heavy (non-hydrogen) atoms. The summed E-state index contributed by atoms with van der Waals surface area (Å²) in [4.78, 5) is 30.5. The number of likely N-dealkylation sites (tertiary alicyclic amines) is 1. The van der Waals surface area contributed by atoms with Crippen LogP contribution in [0.5, 0.6) is 0 Å². The molecule has 0 spiro atoms. The molecule has 9 nitrogen and oxygen atoms in total. The van der Waals surface area contributed by atoms with Gasteiger partial charge in [0.1, 0.15) is 11.6 Å². The van der Waals surface area contributed by atoms with Gasteiger partial charge < -0.3 is 25.6 Å². The molecule has 0 bridgehead atoms. The quantitative estimate of drug-likeness (QED) is 0.322. The van der Waals surface area contributed by atoms with Crippen LogP contribution in [0.3, 0.4) is 0 Å². The van der Waals surface area contributed by atoms with E-state index in [9.17, 15) is 23.1 Å². The number of hydrogen-bond donors (Lipinski definition) is 4. The summed E-state index contributed by atoms with van der Waals surface area (Å²) in [7, 11) is 0. The lowest BCUT2D eigenvalue weighted by molar-refractivity contribution is -0.137. The van der Waals surface area contributed by atoms with Gasteiger partial charge in [-0.05, 0) is 43.2 Å². The van der Waals surface area contributed by atoms with E-state index in [0.29, 0.717) is 60.1 Å². The lowest BCUT2D eigenvalue weighted by atomic mass is 10.1. The van der Waals surface area contributed by atoms with E-state index in [2.05, 4.69) is 30.6 Å². The summed E-state index contributed by atoms with van der Waals surface area (Å²) in [5, 5.41) is 15.6. The zero-order chi connectivity index (χ0) is 25.3. The molecule has 1 aliphatic heterocycles. The first-order valence-corrected chi connectivity index (χ1v) is 11.2. The lowest BCUT2D eigenvalue weighted by Gasteiger charge is -2.29. The van der Waals surface area contributed by atoms with Crippen LogP contribution in [-0.2, 0) is 6.18 Å². The number of hydrogen-bond acceptors (Lipinski definition) is 7. The fraction of sp³-hybridized carbons (Fsp3) is 0.250. The molecule has 0 aliphatic carbocycles. The predicted octanol–water partition coefficient (Wildman–Crippen LogP) is 4.46. The molecule has 1 fully saturated rings. The molecule has 4 N–H and O–H groups in total. The monoisotopic (exact) mass is 497 g/mol. The number of fused-ring (bicyclic) bond motifs is 1. The van der Waals surface area contributed by atoms with Crippen molar-refractivity contribution in [2.75, 3.05) is 23.7 Å². The van der Waals surface area contributed by atoms with E-state index in [1.807, 2.05) is 0 Å². The van der Waals surface area contributed by atoms with Crippen LogP contribution in [0.2, 0.25) is 0 Å². The molecular weight excluding hydrogens is 475 g/mol. The van der Waals surface area contributed by atoms with Crippen molar-refractivity contribution in [3.8, 4) is 0 Å². The number of halogens is 3. The summed E-state index contributed by atoms with van der Waals surface area (Å²) < 4.78 is 38.9. The van der Waals surface area contributed by atoms with Gasteiger partial charge in [0.05, 0.1) is 28.9 Å². The maximum Gasteiger partial charge on any atom is 0.416 e. The average Bonchev–Trinajstić information content (AvgIpc) is 3.25. The minimum Gasteiger partial charge on any atom is -0.393 e. The first kappa shape index (κ1) is 23.5. The van der Waals surface area contributed by atoms with Crippen molar-refractivity contribution in [3.05, 3.63) is 66.0 Å². The largest absolute Gasteiger partial charge is 0.416 e. The maximum absolute atomic E-state index is 13.0. The Morgan fingerprint density at radius 2 is 1.83 bits per heavy atom. The normalized spacial score (nSPS) is 14.7. The Morgan fingerprint density at radius 3 is 2.61 bits per heavy atom. The number of rotatable bonds is 5. The molecule has 1 saturated heterocycles. The Labute approximate surface area is 203 Å². The summed E-state index contributed by atoms with van der Waals surface area (Å²) >= 11 is 0. The highest BCUT2D eigenvalue weighted by Gasteiger charge is 2.30. The minimum absolute atomic E-state index is 0.133. The highest BCUT2D eigenvalue weighted by atomic mass is 19.4. The number of nitrogens with one attached hydrogen (secondary N) is 3. The van der Waals surface area contributed by atoms with Crippen molar-refractivity contribution in [1.82, 2.24) is 24.8 Å². The summed E-state index contributed by atoms with van der Waals surface area (Å²) in [6, 6.07) is 9.71. The molecule has 0 radical (unpaired) electrons. The molecule has 0 saturated carbocycles. The third kappa shape index (κ3) is 5.23. The van der Waals surface area contributed by atoms with Gasteiger partial charge in [-0.15, -0.1) is 0 Å². The van der Waals surface area contributed by atoms with Crippen molar-refractivity contribution >= 4 is 40.2 Å². The van der Waals surface area contributed by atoms with Crippen molar-refractivity contribution in [2.45, 2.75) is 25.1 Å². The van der Waals surface area contributed by atoms with Gasteiger partial charge in [0.2, 0.25) is 5.95 Å². The molecule has 186 valence electrons. The molecule has 12 heteroatoms. The van der Waals surface area contributed by atoms with Gasteiger partial charge in [-0.3, -0.25) is 4.79 Å². The van der Waals surface area contributed by atoms with Gasteiger partial charge in [-0.25, -0.2) is 15.0 Å². The Hall–Kier alpha value is -4.19. The molecule has 0 unspecified atom stereocenters. The number of aliphatic hydroxyl groups excluding tert-OH is 1. The second-order valence-electron chi connectivity index (χ2n) is 8.45. The number of nitrogens with zero attached hydrogens (tertiary/aromatic N) is 4. The van der Waals surface area contributed by atoms with Crippen molar-refractivity contribution in [2.24, 2.45) is 0 Å². The number of benzene rings is 1. The maximum atomic E-state index is 13.0. The minimum atomic E-state index is -4.44. The van der Waals surface area contributed by atoms with Crippen LogP contribution in [0.1, 0.15) is 28.8 Å². The summed E-state index contributed by atoms with van der Waals surface area (Å²) in [6.45, 7) is 0.997. The van der Waals surface area contributed by atoms with Crippen LogP contribution in [0, 0.1) is 0 Å². The number of carbonyl (C=O) groups excluding carboxylic acids is 1. The van der Waals surface area contributed by atoms with E-state index >= 15 is 0 Å². The number of amides is 1. The van der Waals surface area contributed by atoms with Gasteiger partial charge in [-0.1, -0.05) is 6.07 Å². The van der Waals surface area contributed by atoms with Crippen LogP contribution in [0.25, 0.3) is 11.0 Å². The molecule has 1 aliphatic rings. The van der Waals surface area contributed by atoms with Crippen LogP contribution >= 0.6 is 0 Å². The molecule has 1 amide bonds. The van der Waals surface area contributed by atoms with E-state index < -0.39 is 11.7 Å². The van der Waals surface area contributed by atoms with E-state index in [4.69, 9.17) is 0 Å². The second kappa shape index (κ2) is 9.46. The highest BCUT2D eigenvalue weighted by molar-refractivity contribution is 5.95. The fourth-order valence-electron chi connectivity index (χ4n) is 3.96. The molecule has 1 aromatic carbocycles. The number of aromatic nitrogens is 4. The Bertz CT molecular complexity index is 1400. The van der Waals surface area contributed by atoms with Gasteiger partial charge >= 0.3 is 6.18 Å². The third-order valence-corrected chi connectivity index (χ3v) is 5.83. The third-order valence-electron chi connectivity index (χ3n) is 5.83. The van der Waals surface area contributed by atoms with Gasteiger partial charge in [-0.2, -0.15) is 13.2 Å². The lowest BCUT2D eigenvalue weighted by Crippen LogP contribution is -2.40. The van der Waals surface area contributed by atoms with Gasteiger partial charge in [0.25, 0.3) is 5.91 Å². The second-order valence-corrected chi connectivity index (χ2v) is 8.45. The topological polar surface area (TPSA) is 119 Å².